The van der Waals surface area contributed by atoms with E-state index in [1.807, 2.05) is 29.6 Å². The van der Waals surface area contributed by atoms with Crippen LogP contribution in [0.2, 0.25) is 0 Å². The SMILES string of the molecule is CNc1nc(-c2cccnc2)nc2c(OCc3cccs3)cc(-c3cc(F)cc(F)c3)cc12. The highest BCUT2D eigenvalue weighted by atomic mass is 32.1. The van der Waals surface area contributed by atoms with Crippen molar-refractivity contribution in [3.63, 3.8) is 0 Å². The van der Waals surface area contributed by atoms with Crippen LogP contribution in [0.25, 0.3) is 33.4 Å². The van der Waals surface area contributed by atoms with Gasteiger partial charge in [-0.3, -0.25) is 4.98 Å². The van der Waals surface area contributed by atoms with Crippen molar-refractivity contribution in [2.24, 2.45) is 0 Å². The standard InChI is InChI=1S/C25H18F2N4OS/c1-28-25-21-10-17(16-8-18(26)12-19(27)9-16)11-22(32-14-20-5-3-7-33-20)23(21)30-24(31-25)15-4-2-6-29-13-15/h2-13H,14H2,1H3,(H,28,30,31). The van der Waals surface area contributed by atoms with Gasteiger partial charge in [-0.15, -0.1) is 11.3 Å². The van der Waals surface area contributed by atoms with Gasteiger partial charge in [0.05, 0.1) is 0 Å². The number of ether oxygens (including phenoxy) is 1. The Morgan fingerprint density at radius 1 is 0.939 bits per heavy atom. The molecule has 0 radical (unpaired) electrons. The van der Waals surface area contributed by atoms with Crippen LogP contribution < -0.4 is 10.1 Å². The maximum absolute atomic E-state index is 13.9. The fourth-order valence-corrected chi connectivity index (χ4v) is 4.17. The van der Waals surface area contributed by atoms with Crippen LogP contribution in [0.3, 0.4) is 0 Å². The Labute approximate surface area is 192 Å². The van der Waals surface area contributed by atoms with Crippen molar-refractivity contribution in [3.05, 3.63) is 88.9 Å². The fraction of sp³-hybridized carbons (Fsp3) is 0.0800. The maximum Gasteiger partial charge on any atom is 0.163 e. The molecule has 0 spiro atoms. The average molecular weight is 461 g/mol. The molecule has 5 nitrogen and oxygen atoms in total. The van der Waals surface area contributed by atoms with E-state index in [0.29, 0.717) is 46.0 Å². The minimum absolute atomic E-state index is 0.342. The van der Waals surface area contributed by atoms with Gasteiger partial charge in [-0.25, -0.2) is 18.7 Å². The lowest BCUT2D eigenvalue weighted by Crippen LogP contribution is -2.02. The molecule has 0 aliphatic heterocycles. The van der Waals surface area contributed by atoms with Crippen molar-refractivity contribution in [1.29, 1.82) is 0 Å². The third-order valence-corrected chi connectivity index (χ3v) is 5.92. The lowest BCUT2D eigenvalue weighted by Gasteiger charge is -2.15. The summed E-state index contributed by atoms with van der Waals surface area (Å²) in [6.45, 7) is 0.342. The molecule has 0 fully saturated rings. The van der Waals surface area contributed by atoms with E-state index in [-0.39, 0.29) is 0 Å². The number of nitrogens with one attached hydrogen (secondary N) is 1. The first-order valence-corrected chi connectivity index (χ1v) is 11.0. The zero-order chi connectivity index (χ0) is 22.8. The fourth-order valence-electron chi connectivity index (χ4n) is 3.56. The van der Waals surface area contributed by atoms with Crippen LogP contribution in [0.5, 0.6) is 5.75 Å². The molecule has 0 saturated carbocycles. The predicted molar refractivity (Wildman–Crippen MR) is 126 cm³/mol. The number of hydrogen-bond donors (Lipinski definition) is 1. The van der Waals surface area contributed by atoms with Crippen LogP contribution in [-0.4, -0.2) is 22.0 Å². The van der Waals surface area contributed by atoms with Crippen molar-refractivity contribution in [1.82, 2.24) is 15.0 Å². The second-order valence-electron chi connectivity index (χ2n) is 7.28. The van der Waals surface area contributed by atoms with Crippen LogP contribution in [0, 0.1) is 11.6 Å². The molecule has 33 heavy (non-hydrogen) atoms. The Morgan fingerprint density at radius 2 is 1.76 bits per heavy atom. The van der Waals surface area contributed by atoms with Crippen LogP contribution in [0.4, 0.5) is 14.6 Å². The summed E-state index contributed by atoms with van der Waals surface area (Å²) in [5.74, 6) is 0.250. The van der Waals surface area contributed by atoms with Crippen LogP contribution in [-0.2, 0) is 6.61 Å². The van der Waals surface area contributed by atoms with Gasteiger partial charge in [0.1, 0.15) is 35.3 Å². The molecular weight excluding hydrogens is 442 g/mol. The Bertz CT molecular complexity index is 1410. The number of fused-ring (bicyclic) bond motifs is 1. The lowest BCUT2D eigenvalue weighted by atomic mass is 10.0. The van der Waals surface area contributed by atoms with E-state index in [1.165, 1.54) is 12.1 Å². The van der Waals surface area contributed by atoms with Crippen molar-refractivity contribution in [2.45, 2.75) is 6.61 Å². The minimum atomic E-state index is -0.650. The third-order valence-electron chi connectivity index (χ3n) is 5.07. The van der Waals surface area contributed by atoms with E-state index in [2.05, 4.69) is 15.3 Å². The molecule has 1 N–H and O–H groups in total. The van der Waals surface area contributed by atoms with E-state index in [9.17, 15) is 8.78 Å². The van der Waals surface area contributed by atoms with Gasteiger partial charge in [0, 0.05) is 41.3 Å². The summed E-state index contributed by atoms with van der Waals surface area (Å²) in [4.78, 5) is 14.6. The highest BCUT2D eigenvalue weighted by Crippen LogP contribution is 2.36. The summed E-state index contributed by atoms with van der Waals surface area (Å²) in [6, 6.07) is 14.6. The Morgan fingerprint density at radius 3 is 2.45 bits per heavy atom. The normalized spacial score (nSPS) is 11.0. The Kier molecular flexibility index (Phi) is 5.66. The molecule has 8 heteroatoms. The van der Waals surface area contributed by atoms with Crippen LogP contribution >= 0.6 is 11.3 Å². The van der Waals surface area contributed by atoms with Gasteiger partial charge in [0.15, 0.2) is 5.82 Å². The zero-order valence-electron chi connectivity index (χ0n) is 17.5. The van der Waals surface area contributed by atoms with Crippen LogP contribution in [0.1, 0.15) is 4.88 Å². The van der Waals surface area contributed by atoms with Crippen molar-refractivity contribution >= 4 is 28.1 Å². The second-order valence-corrected chi connectivity index (χ2v) is 8.32. The summed E-state index contributed by atoms with van der Waals surface area (Å²) in [5.41, 5.74) is 2.34. The highest BCUT2D eigenvalue weighted by Gasteiger charge is 2.16. The molecule has 3 aromatic heterocycles. The molecule has 5 rings (SSSR count). The first-order valence-electron chi connectivity index (χ1n) is 10.2. The number of benzene rings is 2. The van der Waals surface area contributed by atoms with Gasteiger partial charge in [-0.2, -0.15) is 0 Å². The Balaban J connectivity index is 1.72. The summed E-state index contributed by atoms with van der Waals surface area (Å²) >= 11 is 1.58. The van der Waals surface area contributed by atoms with Gasteiger partial charge in [-0.05, 0) is 59.0 Å². The minimum Gasteiger partial charge on any atom is -0.486 e. The third kappa shape index (κ3) is 4.38. The topological polar surface area (TPSA) is 59.9 Å². The molecule has 5 aromatic rings. The summed E-state index contributed by atoms with van der Waals surface area (Å²) in [7, 11) is 1.76. The lowest BCUT2D eigenvalue weighted by molar-refractivity contribution is 0.313. The molecular formula is C25H18F2N4OS. The number of thiophene rings is 1. The maximum atomic E-state index is 13.9. The molecule has 0 saturated heterocycles. The van der Waals surface area contributed by atoms with E-state index in [0.717, 1.165) is 16.5 Å². The highest BCUT2D eigenvalue weighted by molar-refractivity contribution is 7.09. The van der Waals surface area contributed by atoms with E-state index >= 15 is 0 Å². The number of anilines is 1. The van der Waals surface area contributed by atoms with E-state index in [1.54, 1.807) is 42.9 Å². The molecule has 3 heterocycles. The number of aromatic nitrogens is 3. The summed E-state index contributed by atoms with van der Waals surface area (Å²) < 4.78 is 34.0. The van der Waals surface area contributed by atoms with Gasteiger partial charge in [-0.1, -0.05) is 6.07 Å². The largest absolute Gasteiger partial charge is 0.486 e. The first kappa shape index (κ1) is 21.0. The van der Waals surface area contributed by atoms with Crippen molar-refractivity contribution in [2.75, 3.05) is 12.4 Å². The molecule has 0 aliphatic carbocycles. The van der Waals surface area contributed by atoms with Gasteiger partial charge >= 0.3 is 0 Å². The molecule has 0 aliphatic rings. The quantitative estimate of drug-likeness (QED) is 0.321. The first-order chi connectivity index (χ1) is 16.1. The number of rotatable bonds is 6. The molecule has 164 valence electrons. The molecule has 0 amide bonds. The smallest absolute Gasteiger partial charge is 0.163 e. The second kappa shape index (κ2) is 8.91. The van der Waals surface area contributed by atoms with E-state index in [4.69, 9.17) is 9.72 Å². The number of nitrogens with zero attached hydrogens (tertiary/aromatic N) is 3. The molecule has 0 unspecified atom stereocenters. The zero-order valence-corrected chi connectivity index (χ0v) is 18.4. The predicted octanol–water partition coefficient (Wildman–Crippen LogP) is 6.32. The van der Waals surface area contributed by atoms with Crippen molar-refractivity contribution < 1.29 is 13.5 Å². The van der Waals surface area contributed by atoms with E-state index < -0.39 is 11.6 Å². The van der Waals surface area contributed by atoms with Gasteiger partial charge in [0.2, 0.25) is 0 Å². The number of hydrogen-bond acceptors (Lipinski definition) is 6. The molecule has 2 aromatic carbocycles. The van der Waals surface area contributed by atoms with Gasteiger partial charge in [0.25, 0.3) is 0 Å². The Hall–Kier alpha value is -3.91. The summed E-state index contributed by atoms with van der Waals surface area (Å²) in [5, 5.41) is 5.76. The average Bonchev–Trinajstić information content (AvgIpc) is 3.35. The van der Waals surface area contributed by atoms with Gasteiger partial charge < -0.3 is 10.1 Å². The number of pyridine rings is 1. The summed E-state index contributed by atoms with van der Waals surface area (Å²) in [6.07, 6.45) is 3.38. The molecule has 0 bridgehead atoms. The van der Waals surface area contributed by atoms with Crippen molar-refractivity contribution in [3.8, 4) is 28.3 Å². The molecule has 0 atom stereocenters. The number of halogens is 2. The van der Waals surface area contributed by atoms with Crippen LogP contribution in [0.15, 0.2) is 72.4 Å². The monoisotopic (exact) mass is 460 g/mol.